The molecule has 0 aromatic heterocycles. The Balaban J connectivity index is 1.50. The Bertz CT molecular complexity index is 1730. The van der Waals surface area contributed by atoms with E-state index in [2.05, 4.69) is 37.2 Å². The van der Waals surface area contributed by atoms with Crippen molar-refractivity contribution in [2.45, 2.75) is 56.4 Å². The average Bonchev–Trinajstić information content (AvgIpc) is 3.10. The third-order valence-electron chi connectivity index (χ3n) is 8.43. The molecule has 0 spiro atoms. The van der Waals surface area contributed by atoms with E-state index in [1.807, 2.05) is 66.8 Å². The van der Waals surface area contributed by atoms with Crippen LogP contribution in [0, 0.1) is 23.2 Å². The Morgan fingerprint density at radius 3 is 1.96 bits per heavy atom. The van der Waals surface area contributed by atoms with E-state index < -0.39 is 67.2 Å². The number of nitrogens with one attached hydrogen (secondary N) is 1. The van der Waals surface area contributed by atoms with Crippen LogP contribution in [-0.2, 0) is 46.1 Å². The lowest BCUT2D eigenvalue weighted by Crippen LogP contribution is -2.63. The van der Waals surface area contributed by atoms with Gasteiger partial charge in [-0.25, -0.2) is 4.79 Å². The van der Waals surface area contributed by atoms with Crippen molar-refractivity contribution in [1.29, 1.82) is 5.26 Å². The van der Waals surface area contributed by atoms with E-state index in [9.17, 15) is 19.5 Å². The summed E-state index contributed by atoms with van der Waals surface area (Å²) in [6.07, 6.45) is -2.60. The summed E-state index contributed by atoms with van der Waals surface area (Å²) < 4.78 is 31.2. The Morgan fingerprint density at radius 2 is 1.46 bits per heavy atom. The number of nitriles is 1. The first-order chi connectivity index (χ1) is 24.2. The van der Waals surface area contributed by atoms with Gasteiger partial charge in [-0.05, 0) is 85.3 Å². The van der Waals surface area contributed by atoms with Gasteiger partial charge in [-0.1, -0.05) is 68.3 Å². The number of allylic oxidation sites excluding steroid dienone is 2. The van der Waals surface area contributed by atoms with Crippen LogP contribution in [0.2, 0.25) is 0 Å². The molecular formula is C37H36Br2N2O9. The number of anilines is 1. The molecule has 7 atom stereocenters. The average molecular weight is 813 g/mol. The van der Waals surface area contributed by atoms with Crippen molar-refractivity contribution in [3.8, 4) is 6.07 Å². The highest BCUT2D eigenvalue weighted by atomic mass is 79.9. The molecule has 3 aromatic rings. The summed E-state index contributed by atoms with van der Waals surface area (Å²) in [5, 5.41) is 22.0. The first-order valence-corrected chi connectivity index (χ1v) is 17.6. The number of benzene rings is 3. The molecule has 50 heavy (non-hydrogen) atoms. The summed E-state index contributed by atoms with van der Waals surface area (Å²) in [4.78, 5) is 41.2. The first kappa shape index (κ1) is 37.2. The van der Waals surface area contributed by atoms with Crippen molar-refractivity contribution in [2.75, 3.05) is 19.0 Å². The fourth-order valence-electron chi connectivity index (χ4n) is 5.92. The zero-order valence-electron chi connectivity index (χ0n) is 27.1. The van der Waals surface area contributed by atoms with Crippen LogP contribution in [-0.4, -0.2) is 67.6 Å². The number of halogens is 2. The number of nitrogens with zero attached hydrogens (tertiary/aromatic N) is 1. The van der Waals surface area contributed by atoms with Crippen LogP contribution in [0.3, 0.4) is 0 Å². The van der Waals surface area contributed by atoms with Gasteiger partial charge in [-0.2, -0.15) is 5.26 Å². The summed E-state index contributed by atoms with van der Waals surface area (Å²) in [5.41, 5.74) is 2.52. The van der Waals surface area contributed by atoms with E-state index in [4.69, 9.17) is 28.9 Å². The number of hydrogen-bond donors (Lipinski definition) is 2. The predicted octanol–water partition coefficient (Wildman–Crippen LogP) is 6.26. The van der Waals surface area contributed by atoms with Gasteiger partial charge in [0, 0.05) is 21.7 Å². The van der Waals surface area contributed by atoms with Crippen molar-refractivity contribution in [2.24, 2.45) is 11.8 Å². The van der Waals surface area contributed by atoms with Crippen molar-refractivity contribution < 1.29 is 43.2 Å². The predicted molar refractivity (Wildman–Crippen MR) is 189 cm³/mol. The molecule has 0 saturated carbocycles. The van der Waals surface area contributed by atoms with Gasteiger partial charge in [0.2, 0.25) is 0 Å². The monoisotopic (exact) mass is 810 g/mol. The molecule has 2 aliphatic heterocycles. The molecule has 11 nitrogen and oxygen atoms in total. The van der Waals surface area contributed by atoms with Crippen LogP contribution in [0.1, 0.15) is 29.5 Å². The zero-order chi connectivity index (χ0) is 35.6. The lowest BCUT2D eigenvalue weighted by molar-refractivity contribution is -0.300. The van der Waals surface area contributed by atoms with Crippen LogP contribution in [0.5, 0.6) is 0 Å². The number of amides is 1. The number of esters is 2. The van der Waals surface area contributed by atoms with Crippen molar-refractivity contribution >= 4 is 55.6 Å². The highest BCUT2D eigenvalue weighted by Crippen LogP contribution is 2.32. The number of aliphatic hydroxyl groups is 1. The maximum Gasteiger partial charge on any atom is 0.412 e. The summed E-state index contributed by atoms with van der Waals surface area (Å²) in [7, 11) is 1.33. The number of rotatable bonds is 8. The number of methoxy groups -OCH3 is 1. The lowest BCUT2D eigenvalue weighted by atomic mass is 9.92. The van der Waals surface area contributed by atoms with Gasteiger partial charge in [0.25, 0.3) is 0 Å². The second kappa shape index (κ2) is 17.7. The molecule has 0 bridgehead atoms. The second-order valence-electron chi connectivity index (χ2n) is 12.0. The van der Waals surface area contributed by atoms with E-state index in [0.717, 1.165) is 20.1 Å². The molecule has 3 aromatic carbocycles. The Hall–Kier alpha value is -4.06. The Kier molecular flexibility index (Phi) is 13.2. The SMILES string of the molecule is CO[C@H]1O[C@H](CO)[C@@H](OC(=O)Nc2ccc(C#N)cc2)[C@@H]2OC(=O)[C@H](Cc3cccc(Br)c3)C/C=C\C[C@@H](Cc3cccc(Br)c3)C(=O)O[C@@H]12. The van der Waals surface area contributed by atoms with Crippen LogP contribution in [0.25, 0.3) is 0 Å². The summed E-state index contributed by atoms with van der Waals surface area (Å²) in [5.74, 6) is -2.52. The van der Waals surface area contributed by atoms with Gasteiger partial charge in [-0.15, -0.1) is 0 Å². The van der Waals surface area contributed by atoms with E-state index in [-0.39, 0.29) is 0 Å². The molecule has 262 valence electrons. The fourth-order valence-corrected chi connectivity index (χ4v) is 6.81. The van der Waals surface area contributed by atoms with E-state index >= 15 is 0 Å². The van der Waals surface area contributed by atoms with Crippen LogP contribution in [0.4, 0.5) is 10.5 Å². The first-order valence-electron chi connectivity index (χ1n) is 16.0. The third kappa shape index (κ3) is 9.80. The lowest BCUT2D eigenvalue weighted by Gasteiger charge is -2.44. The fraction of sp³-hybridized carbons (Fsp3) is 0.351. The minimum Gasteiger partial charge on any atom is -0.454 e. The number of carbonyl (C=O) groups excluding carboxylic acids is 3. The molecule has 0 radical (unpaired) electrons. The summed E-state index contributed by atoms with van der Waals surface area (Å²) in [6, 6.07) is 23.3. The maximum absolute atomic E-state index is 14.0. The summed E-state index contributed by atoms with van der Waals surface area (Å²) in [6.45, 7) is -0.640. The minimum atomic E-state index is -1.42. The molecule has 0 aliphatic carbocycles. The molecule has 1 fully saturated rings. The zero-order valence-corrected chi connectivity index (χ0v) is 30.2. The number of fused-ring (bicyclic) bond motifs is 1. The van der Waals surface area contributed by atoms with Gasteiger partial charge >= 0.3 is 18.0 Å². The molecule has 2 N–H and O–H groups in total. The largest absolute Gasteiger partial charge is 0.454 e. The van der Waals surface area contributed by atoms with Crippen molar-refractivity contribution in [3.05, 3.63) is 111 Å². The van der Waals surface area contributed by atoms with Gasteiger partial charge in [0.1, 0.15) is 6.10 Å². The smallest absolute Gasteiger partial charge is 0.412 e. The molecule has 5 rings (SSSR count). The Labute approximate surface area is 306 Å². The normalized spacial score (nSPS) is 26.1. The van der Waals surface area contributed by atoms with E-state index in [1.54, 1.807) is 0 Å². The molecule has 1 amide bonds. The number of carbonyl (C=O) groups is 3. The molecule has 0 unspecified atom stereocenters. The quantitative estimate of drug-likeness (QED) is 0.152. The second-order valence-corrected chi connectivity index (χ2v) is 13.8. The highest BCUT2D eigenvalue weighted by Gasteiger charge is 2.53. The third-order valence-corrected chi connectivity index (χ3v) is 9.41. The van der Waals surface area contributed by atoms with E-state index in [0.29, 0.717) is 36.9 Å². The molecule has 1 saturated heterocycles. The van der Waals surface area contributed by atoms with Crippen molar-refractivity contribution in [3.63, 3.8) is 0 Å². The van der Waals surface area contributed by atoms with Gasteiger partial charge in [0.15, 0.2) is 24.6 Å². The minimum absolute atomic E-state index is 0.305. The number of hydrogen-bond acceptors (Lipinski definition) is 10. The van der Waals surface area contributed by atoms with Crippen LogP contribution in [0.15, 0.2) is 93.9 Å². The molecule has 2 heterocycles. The number of aliphatic hydroxyl groups excluding tert-OH is 1. The van der Waals surface area contributed by atoms with Gasteiger partial charge in [0.05, 0.1) is 30.1 Å². The molecular weight excluding hydrogens is 776 g/mol. The number of ether oxygens (including phenoxy) is 5. The van der Waals surface area contributed by atoms with Gasteiger partial charge in [-0.3, -0.25) is 14.9 Å². The standard InChI is InChI=1S/C37H36Br2N2O9/c1-46-36-33-32(31(30(21-42)47-36)50-37(45)41-29-14-12-22(20-40)13-15-29)48-34(43)25(16-23-6-4-10-27(38)18-23)8-2-3-9-26(35(44)49-33)17-24-7-5-11-28(39)19-24/h2-7,10-15,18-19,25-26,30-33,36,42H,8-9,16-17,21H2,1H3,(H,41,45)/b3-2-/t25-,26-,30+,31+,32-,33+,36-/m0/s1. The molecule has 2 aliphatic rings. The molecule has 13 heteroatoms. The topological polar surface area (TPSA) is 153 Å². The maximum atomic E-state index is 14.0. The van der Waals surface area contributed by atoms with Gasteiger partial charge < -0.3 is 28.8 Å². The summed E-state index contributed by atoms with van der Waals surface area (Å²) >= 11 is 6.98. The highest BCUT2D eigenvalue weighted by molar-refractivity contribution is 9.10. The van der Waals surface area contributed by atoms with Crippen molar-refractivity contribution in [1.82, 2.24) is 0 Å². The van der Waals surface area contributed by atoms with E-state index in [1.165, 1.54) is 31.4 Å². The van der Waals surface area contributed by atoms with Crippen LogP contribution >= 0.6 is 31.9 Å². The van der Waals surface area contributed by atoms with Crippen LogP contribution < -0.4 is 5.32 Å². The Morgan fingerprint density at radius 1 is 0.900 bits per heavy atom.